The van der Waals surface area contributed by atoms with Gasteiger partial charge in [0.1, 0.15) is 6.61 Å². The van der Waals surface area contributed by atoms with Crippen molar-refractivity contribution in [3.05, 3.63) is 59.2 Å². The predicted molar refractivity (Wildman–Crippen MR) is 85.5 cm³/mol. The molecule has 0 fully saturated rings. The fraction of sp³-hybridized carbons (Fsp3) is 0.235. The molecule has 2 N–H and O–H groups in total. The lowest BCUT2D eigenvalue weighted by Crippen LogP contribution is -2.15. The number of ether oxygens (including phenoxy) is 1. The third kappa shape index (κ3) is 3.75. The number of nitrogens with two attached hydrogens (primary N) is 1. The van der Waals surface area contributed by atoms with E-state index in [0.29, 0.717) is 11.3 Å². The molecule has 2 aromatic carbocycles. The third-order valence-corrected chi connectivity index (χ3v) is 3.17. The predicted octanol–water partition coefficient (Wildman–Crippen LogP) is 3.00. The number of carbonyl (C=O) groups excluding carboxylic acids is 1. The minimum atomic E-state index is -0.368. The Morgan fingerprint density at radius 3 is 2.62 bits per heavy atom. The van der Waals surface area contributed by atoms with E-state index >= 15 is 0 Å². The van der Waals surface area contributed by atoms with Gasteiger partial charge in [-0.2, -0.15) is 0 Å². The monoisotopic (exact) mass is 284 g/mol. The Labute approximate surface area is 125 Å². The van der Waals surface area contributed by atoms with Crippen LogP contribution in [0.5, 0.6) is 0 Å². The maximum Gasteiger partial charge on any atom is 0.340 e. The van der Waals surface area contributed by atoms with Gasteiger partial charge in [-0.1, -0.05) is 29.8 Å². The van der Waals surface area contributed by atoms with Gasteiger partial charge in [0.2, 0.25) is 0 Å². The van der Waals surface area contributed by atoms with Crippen LogP contribution in [0.4, 0.5) is 11.4 Å². The van der Waals surface area contributed by atoms with Crippen molar-refractivity contribution < 1.29 is 9.53 Å². The SMILES string of the molecule is Cc1cccc(COC(=O)c2cc(N)ccc2N(C)C)c1. The van der Waals surface area contributed by atoms with E-state index in [2.05, 4.69) is 0 Å². The first-order valence-corrected chi connectivity index (χ1v) is 6.77. The highest BCUT2D eigenvalue weighted by atomic mass is 16.5. The van der Waals surface area contributed by atoms with Crippen LogP contribution in [-0.4, -0.2) is 20.1 Å². The average Bonchev–Trinajstić information content (AvgIpc) is 2.44. The van der Waals surface area contributed by atoms with Crippen molar-refractivity contribution in [2.45, 2.75) is 13.5 Å². The highest BCUT2D eigenvalue weighted by Crippen LogP contribution is 2.22. The number of rotatable bonds is 4. The number of hydrogen-bond acceptors (Lipinski definition) is 4. The molecule has 0 saturated carbocycles. The fourth-order valence-corrected chi connectivity index (χ4v) is 2.14. The van der Waals surface area contributed by atoms with Crippen LogP contribution in [0.2, 0.25) is 0 Å². The van der Waals surface area contributed by atoms with Gasteiger partial charge in [0.25, 0.3) is 0 Å². The van der Waals surface area contributed by atoms with E-state index in [9.17, 15) is 4.79 Å². The molecule has 4 nitrogen and oxygen atoms in total. The number of aryl methyl sites for hydroxylation is 1. The number of hydrogen-bond donors (Lipinski definition) is 1. The minimum absolute atomic E-state index is 0.252. The Bertz CT molecular complexity index is 651. The largest absolute Gasteiger partial charge is 0.457 e. The molecule has 0 aliphatic rings. The Hall–Kier alpha value is -2.49. The zero-order chi connectivity index (χ0) is 15.4. The summed E-state index contributed by atoms with van der Waals surface area (Å²) >= 11 is 0. The Kier molecular flexibility index (Phi) is 4.48. The molecular formula is C17H20N2O2. The Morgan fingerprint density at radius 1 is 1.19 bits per heavy atom. The second-order valence-corrected chi connectivity index (χ2v) is 5.24. The fourth-order valence-electron chi connectivity index (χ4n) is 2.14. The Balaban J connectivity index is 2.15. The summed E-state index contributed by atoms with van der Waals surface area (Å²) in [6.45, 7) is 2.26. The summed E-state index contributed by atoms with van der Waals surface area (Å²) < 4.78 is 5.39. The molecule has 0 aliphatic heterocycles. The molecule has 0 aromatic heterocycles. The van der Waals surface area contributed by atoms with Gasteiger partial charge >= 0.3 is 5.97 Å². The number of benzene rings is 2. The Morgan fingerprint density at radius 2 is 1.95 bits per heavy atom. The standard InChI is InChI=1S/C17H20N2O2/c1-12-5-4-6-13(9-12)11-21-17(20)15-10-14(18)7-8-16(15)19(2)3/h4-10H,11,18H2,1-3H3. The first kappa shape index (κ1) is 14.9. The summed E-state index contributed by atoms with van der Waals surface area (Å²) in [6.07, 6.45) is 0. The van der Waals surface area contributed by atoms with Crippen LogP contribution in [-0.2, 0) is 11.3 Å². The number of carbonyl (C=O) groups is 1. The molecule has 0 aliphatic carbocycles. The number of esters is 1. The van der Waals surface area contributed by atoms with E-state index in [0.717, 1.165) is 16.8 Å². The minimum Gasteiger partial charge on any atom is -0.457 e. The van der Waals surface area contributed by atoms with Gasteiger partial charge in [-0.3, -0.25) is 0 Å². The molecular weight excluding hydrogens is 264 g/mol. The molecule has 0 atom stereocenters. The van der Waals surface area contributed by atoms with Crippen molar-refractivity contribution in [1.82, 2.24) is 0 Å². The van der Waals surface area contributed by atoms with Crippen molar-refractivity contribution in [3.63, 3.8) is 0 Å². The molecule has 4 heteroatoms. The second-order valence-electron chi connectivity index (χ2n) is 5.24. The van der Waals surface area contributed by atoms with E-state index in [1.54, 1.807) is 12.1 Å². The molecule has 0 saturated heterocycles. The van der Waals surface area contributed by atoms with Crippen LogP contribution in [0.25, 0.3) is 0 Å². The van der Waals surface area contributed by atoms with Crippen molar-refractivity contribution >= 4 is 17.3 Å². The first-order valence-electron chi connectivity index (χ1n) is 6.77. The summed E-state index contributed by atoms with van der Waals surface area (Å²) in [6, 6.07) is 13.1. The maximum absolute atomic E-state index is 12.3. The van der Waals surface area contributed by atoms with Crippen molar-refractivity contribution in [2.75, 3.05) is 24.7 Å². The van der Waals surface area contributed by atoms with Crippen LogP contribution in [0, 0.1) is 6.92 Å². The van der Waals surface area contributed by atoms with Crippen LogP contribution < -0.4 is 10.6 Å². The van der Waals surface area contributed by atoms with Crippen molar-refractivity contribution in [3.8, 4) is 0 Å². The summed E-state index contributed by atoms with van der Waals surface area (Å²) in [5.41, 5.74) is 9.69. The molecule has 21 heavy (non-hydrogen) atoms. The molecule has 110 valence electrons. The van der Waals surface area contributed by atoms with Gasteiger partial charge in [-0.15, -0.1) is 0 Å². The number of anilines is 2. The van der Waals surface area contributed by atoms with E-state index < -0.39 is 0 Å². The van der Waals surface area contributed by atoms with E-state index in [-0.39, 0.29) is 12.6 Å². The third-order valence-electron chi connectivity index (χ3n) is 3.17. The summed E-state index contributed by atoms with van der Waals surface area (Å²) in [5.74, 6) is -0.368. The first-order chi connectivity index (χ1) is 9.97. The molecule has 0 bridgehead atoms. The molecule has 0 amide bonds. The van der Waals surface area contributed by atoms with Crippen molar-refractivity contribution in [2.24, 2.45) is 0 Å². The van der Waals surface area contributed by atoms with Crippen molar-refractivity contribution in [1.29, 1.82) is 0 Å². The normalized spacial score (nSPS) is 10.2. The smallest absolute Gasteiger partial charge is 0.340 e. The zero-order valence-electron chi connectivity index (χ0n) is 12.6. The highest BCUT2D eigenvalue weighted by molar-refractivity contribution is 5.96. The van der Waals surface area contributed by atoms with Gasteiger partial charge in [0.05, 0.1) is 11.3 Å². The summed E-state index contributed by atoms with van der Waals surface area (Å²) in [5, 5.41) is 0. The average molecular weight is 284 g/mol. The quantitative estimate of drug-likeness (QED) is 0.692. The molecule has 2 aromatic rings. The molecule has 0 unspecified atom stereocenters. The van der Waals surface area contributed by atoms with Gasteiger partial charge in [0, 0.05) is 19.8 Å². The van der Waals surface area contributed by atoms with Crippen LogP contribution in [0.1, 0.15) is 21.5 Å². The zero-order valence-corrected chi connectivity index (χ0v) is 12.6. The molecule has 0 radical (unpaired) electrons. The van der Waals surface area contributed by atoms with Gasteiger partial charge in [0.15, 0.2) is 0 Å². The second kappa shape index (κ2) is 6.31. The topological polar surface area (TPSA) is 55.6 Å². The van der Waals surface area contributed by atoms with E-state index in [1.165, 1.54) is 0 Å². The lowest BCUT2D eigenvalue weighted by molar-refractivity contribution is 0.0473. The lowest BCUT2D eigenvalue weighted by Gasteiger charge is -2.17. The molecule has 0 heterocycles. The summed E-state index contributed by atoms with van der Waals surface area (Å²) in [7, 11) is 3.76. The van der Waals surface area contributed by atoms with E-state index in [4.69, 9.17) is 10.5 Å². The van der Waals surface area contributed by atoms with E-state index in [1.807, 2.05) is 56.3 Å². The van der Waals surface area contributed by atoms with Gasteiger partial charge in [-0.25, -0.2) is 4.79 Å². The maximum atomic E-state index is 12.3. The molecule has 0 spiro atoms. The number of nitrogens with zero attached hydrogens (tertiary/aromatic N) is 1. The van der Waals surface area contributed by atoms with Gasteiger partial charge in [-0.05, 0) is 30.7 Å². The highest BCUT2D eigenvalue weighted by Gasteiger charge is 2.15. The molecule has 2 rings (SSSR count). The summed E-state index contributed by atoms with van der Waals surface area (Å²) in [4.78, 5) is 14.1. The van der Waals surface area contributed by atoms with Crippen LogP contribution in [0.15, 0.2) is 42.5 Å². The van der Waals surface area contributed by atoms with Crippen LogP contribution >= 0.6 is 0 Å². The van der Waals surface area contributed by atoms with Crippen LogP contribution in [0.3, 0.4) is 0 Å². The lowest BCUT2D eigenvalue weighted by atomic mass is 10.1. The van der Waals surface area contributed by atoms with Gasteiger partial charge < -0.3 is 15.4 Å². The number of nitrogen functional groups attached to an aromatic ring is 1.